The van der Waals surface area contributed by atoms with E-state index in [2.05, 4.69) is 11.9 Å². The molecule has 4 heterocycles. The lowest BCUT2D eigenvalue weighted by Crippen LogP contribution is -2.39. The molecule has 0 spiro atoms. The number of hydrogen-bond donors (Lipinski definition) is 0. The first kappa shape index (κ1) is 31.3. The van der Waals surface area contributed by atoms with Gasteiger partial charge in [-0.3, -0.25) is 9.59 Å². The highest BCUT2D eigenvalue weighted by molar-refractivity contribution is 8.18. The van der Waals surface area contributed by atoms with E-state index in [-0.39, 0.29) is 22.7 Å². The number of esters is 1. The van der Waals surface area contributed by atoms with Crippen LogP contribution in [0, 0.1) is 11.8 Å². The van der Waals surface area contributed by atoms with E-state index in [1.165, 1.54) is 11.8 Å². The van der Waals surface area contributed by atoms with E-state index in [0.29, 0.717) is 78.4 Å². The van der Waals surface area contributed by atoms with Crippen LogP contribution in [0.25, 0.3) is 23.0 Å². The third kappa shape index (κ3) is 6.78. The van der Waals surface area contributed by atoms with Gasteiger partial charge in [0.25, 0.3) is 5.91 Å². The number of ether oxygens (including phenoxy) is 1. The summed E-state index contributed by atoms with van der Waals surface area (Å²) in [5.74, 6) is -0.325. The van der Waals surface area contributed by atoms with Gasteiger partial charge in [-0.25, -0.2) is 13.1 Å². The first-order valence-corrected chi connectivity index (χ1v) is 17.7. The van der Waals surface area contributed by atoms with Crippen LogP contribution in [0.1, 0.15) is 45.1 Å². The van der Waals surface area contributed by atoms with Gasteiger partial charge >= 0.3 is 5.97 Å². The van der Waals surface area contributed by atoms with Crippen LogP contribution in [-0.4, -0.2) is 77.2 Å². The number of piperidine rings is 2. The Balaban J connectivity index is 1.29. The van der Waals surface area contributed by atoms with Crippen LogP contribution < -0.4 is 0 Å². The second-order valence-corrected chi connectivity index (χ2v) is 14.6. The highest BCUT2D eigenvalue weighted by atomic mass is 32.2. The molecule has 1 unspecified atom stereocenters. The number of amidine groups is 1. The molecule has 1 amide bonds. The van der Waals surface area contributed by atoms with Gasteiger partial charge in [-0.05, 0) is 80.6 Å². The molecular formula is C33H37N5O5S2. The van der Waals surface area contributed by atoms with E-state index in [1.54, 1.807) is 40.2 Å². The molecule has 3 aromatic rings. The van der Waals surface area contributed by atoms with E-state index < -0.39 is 10.0 Å². The first-order valence-electron chi connectivity index (χ1n) is 15.4. The number of aromatic nitrogens is 2. The molecule has 45 heavy (non-hydrogen) atoms. The molecule has 2 fully saturated rings. The Labute approximate surface area is 268 Å². The fourth-order valence-electron chi connectivity index (χ4n) is 5.99. The molecule has 0 aliphatic carbocycles. The lowest BCUT2D eigenvalue weighted by molar-refractivity contribution is -0.149. The molecule has 0 radical (unpaired) electrons. The molecule has 0 bridgehead atoms. The van der Waals surface area contributed by atoms with Crippen LogP contribution in [0.3, 0.4) is 0 Å². The largest absolute Gasteiger partial charge is 0.466 e. The van der Waals surface area contributed by atoms with Gasteiger partial charge in [0.15, 0.2) is 5.17 Å². The number of amides is 1. The summed E-state index contributed by atoms with van der Waals surface area (Å²) in [4.78, 5) is 32.4. The Kier molecular flexibility index (Phi) is 9.25. The van der Waals surface area contributed by atoms with Crippen molar-refractivity contribution in [3.8, 4) is 16.9 Å². The SMILES string of the molecule is CCOC(=O)C1CCN(C2=NC(=O)/C(=C/c3cn(-c4ccccc4)nc3-c3cccc(S(=O)(=O)N4CCCC(C)C4)c3)S2)CC1. The molecule has 0 saturated carbocycles. The predicted octanol–water partition coefficient (Wildman–Crippen LogP) is 5.21. The quantitative estimate of drug-likeness (QED) is 0.254. The van der Waals surface area contributed by atoms with Crippen molar-refractivity contribution in [1.29, 1.82) is 0 Å². The Morgan fingerprint density at radius 1 is 1.07 bits per heavy atom. The lowest BCUT2D eigenvalue weighted by Gasteiger charge is -2.31. The Morgan fingerprint density at radius 3 is 2.58 bits per heavy atom. The lowest BCUT2D eigenvalue weighted by atomic mass is 9.97. The number of aliphatic imine (C=N–C) groups is 1. The maximum atomic E-state index is 13.6. The molecular weight excluding hydrogens is 611 g/mol. The van der Waals surface area contributed by atoms with Crippen molar-refractivity contribution in [2.24, 2.45) is 16.8 Å². The minimum absolute atomic E-state index is 0.136. The zero-order chi connectivity index (χ0) is 31.6. The Morgan fingerprint density at radius 2 is 1.84 bits per heavy atom. The summed E-state index contributed by atoms with van der Waals surface area (Å²) in [5.41, 5.74) is 2.71. The smallest absolute Gasteiger partial charge is 0.309 e. The van der Waals surface area contributed by atoms with Gasteiger partial charge < -0.3 is 9.64 Å². The average molecular weight is 648 g/mol. The minimum Gasteiger partial charge on any atom is -0.466 e. The van der Waals surface area contributed by atoms with Gasteiger partial charge in [0.2, 0.25) is 10.0 Å². The molecule has 2 aromatic carbocycles. The number of benzene rings is 2. The highest BCUT2D eigenvalue weighted by Crippen LogP contribution is 2.35. The maximum Gasteiger partial charge on any atom is 0.309 e. The fourth-order valence-corrected chi connectivity index (χ4v) is 8.59. The van der Waals surface area contributed by atoms with Crippen LogP contribution in [0.2, 0.25) is 0 Å². The van der Waals surface area contributed by atoms with Crippen molar-refractivity contribution in [2.75, 3.05) is 32.8 Å². The number of hydrogen-bond acceptors (Lipinski definition) is 8. The van der Waals surface area contributed by atoms with Crippen LogP contribution >= 0.6 is 11.8 Å². The van der Waals surface area contributed by atoms with Gasteiger partial charge in [-0.2, -0.15) is 14.4 Å². The molecule has 3 aliphatic heterocycles. The number of carbonyl (C=O) groups excluding carboxylic acids is 2. The highest BCUT2D eigenvalue weighted by Gasteiger charge is 2.33. The van der Waals surface area contributed by atoms with Gasteiger partial charge in [0.1, 0.15) is 5.69 Å². The predicted molar refractivity (Wildman–Crippen MR) is 175 cm³/mol. The summed E-state index contributed by atoms with van der Waals surface area (Å²) >= 11 is 1.31. The summed E-state index contributed by atoms with van der Waals surface area (Å²) < 4.78 is 35.7. The third-order valence-electron chi connectivity index (χ3n) is 8.41. The maximum absolute atomic E-state index is 13.6. The first-order chi connectivity index (χ1) is 21.7. The molecule has 3 aliphatic rings. The molecule has 0 N–H and O–H groups in total. The standard InChI is InChI=1S/C33H37N5O5S2/c1-3-43-32(40)24-14-17-36(18-15-24)33-34-31(39)29(44-33)20-26-22-38(27-11-5-4-6-12-27)35-30(26)25-10-7-13-28(19-25)45(41,42)37-16-8-9-23(2)21-37/h4-7,10-13,19-20,22-24H,3,8-9,14-18,21H2,1-2H3/b29-20-. The molecule has 6 rings (SSSR count). The minimum atomic E-state index is -3.68. The summed E-state index contributed by atoms with van der Waals surface area (Å²) in [5, 5.41) is 5.49. The van der Waals surface area contributed by atoms with Crippen LogP contribution in [0.15, 0.2) is 75.6 Å². The number of para-hydroxylation sites is 1. The molecule has 12 heteroatoms. The second kappa shape index (κ2) is 13.3. The van der Waals surface area contributed by atoms with Crippen molar-refractivity contribution < 1.29 is 22.7 Å². The van der Waals surface area contributed by atoms with Gasteiger partial charge in [0.05, 0.1) is 28.0 Å². The number of rotatable bonds is 7. The van der Waals surface area contributed by atoms with Crippen LogP contribution in [0.5, 0.6) is 0 Å². The summed E-state index contributed by atoms with van der Waals surface area (Å²) in [6.07, 6.45) is 6.80. The van der Waals surface area contributed by atoms with Crippen LogP contribution in [0.4, 0.5) is 0 Å². The number of nitrogens with zero attached hydrogens (tertiary/aromatic N) is 5. The molecule has 1 atom stereocenters. The second-order valence-electron chi connectivity index (χ2n) is 11.7. The molecule has 236 valence electrons. The van der Waals surface area contributed by atoms with Gasteiger partial charge in [-0.1, -0.05) is 37.3 Å². The number of likely N-dealkylation sites (tertiary alicyclic amines) is 1. The summed E-state index contributed by atoms with van der Waals surface area (Å²) in [7, 11) is -3.68. The zero-order valence-corrected chi connectivity index (χ0v) is 27.1. The number of sulfonamides is 1. The van der Waals surface area contributed by atoms with Gasteiger partial charge in [-0.15, -0.1) is 0 Å². The topological polar surface area (TPSA) is 114 Å². The van der Waals surface area contributed by atoms with E-state index in [1.807, 2.05) is 47.5 Å². The van der Waals surface area contributed by atoms with Gasteiger partial charge in [0, 0.05) is 43.5 Å². The summed E-state index contributed by atoms with van der Waals surface area (Å²) in [6.45, 7) is 6.50. The number of thioether (sulfide) groups is 1. The van der Waals surface area contributed by atoms with Crippen molar-refractivity contribution in [1.82, 2.24) is 19.0 Å². The average Bonchev–Trinajstić information content (AvgIpc) is 3.65. The van der Waals surface area contributed by atoms with Crippen molar-refractivity contribution in [3.63, 3.8) is 0 Å². The molecule has 10 nitrogen and oxygen atoms in total. The third-order valence-corrected chi connectivity index (χ3v) is 11.3. The number of carbonyl (C=O) groups is 2. The van der Waals surface area contributed by atoms with E-state index in [0.717, 1.165) is 18.5 Å². The van der Waals surface area contributed by atoms with E-state index in [9.17, 15) is 18.0 Å². The van der Waals surface area contributed by atoms with E-state index in [4.69, 9.17) is 9.84 Å². The summed E-state index contributed by atoms with van der Waals surface area (Å²) in [6, 6.07) is 16.5. The Hall–Kier alpha value is -3.74. The van der Waals surface area contributed by atoms with Crippen molar-refractivity contribution in [2.45, 2.75) is 44.4 Å². The van der Waals surface area contributed by atoms with Crippen LogP contribution in [-0.2, 0) is 24.3 Å². The molecule has 2 saturated heterocycles. The van der Waals surface area contributed by atoms with Crippen molar-refractivity contribution >= 4 is 44.9 Å². The molecule has 1 aromatic heterocycles. The normalized spacial score (nSPS) is 20.9. The Bertz CT molecular complexity index is 1740. The van der Waals surface area contributed by atoms with Crippen molar-refractivity contribution in [3.05, 3.63) is 71.3 Å². The zero-order valence-electron chi connectivity index (χ0n) is 25.5. The monoisotopic (exact) mass is 647 g/mol. The van der Waals surface area contributed by atoms with E-state index >= 15 is 0 Å². The fraction of sp³-hybridized carbons (Fsp3) is 0.394.